The highest BCUT2D eigenvalue weighted by atomic mass is 19.3. The molecule has 0 N–H and O–H groups in total. The number of rotatable bonds is 2. The molecule has 0 aliphatic rings. The van der Waals surface area contributed by atoms with Crippen LogP contribution in [0.4, 0.5) is 8.78 Å². The van der Waals surface area contributed by atoms with E-state index in [-0.39, 0.29) is 11.4 Å². The van der Waals surface area contributed by atoms with Crippen LogP contribution in [0, 0.1) is 18.3 Å². The second kappa shape index (κ2) is 3.81. The van der Waals surface area contributed by atoms with E-state index in [1.807, 2.05) is 0 Å². The second-order valence-corrected chi connectivity index (χ2v) is 2.36. The van der Waals surface area contributed by atoms with Gasteiger partial charge in [-0.1, -0.05) is 0 Å². The average Bonchev–Trinajstić information content (AvgIpc) is 2.07. The number of ether oxygens (including phenoxy) is 1. The van der Waals surface area contributed by atoms with Crippen molar-refractivity contribution in [1.29, 1.82) is 5.26 Å². The highest BCUT2D eigenvalue weighted by molar-refractivity contribution is 5.39. The van der Waals surface area contributed by atoms with Crippen LogP contribution in [0.5, 0.6) is 5.88 Å². The largest absolute Gasteiger partial charge is 0.415 e. The molecule has 1 rings (SSSR count). The van der Waals surface area contributed by atoms with Crippen molar-refractivity contribution in [3.8, 4) is 11.9 Å². The van der Waals surface area contributed by atoms with Crippen LogP contribution in [-0.2, 0) is 0 Å². The van der Waals surface area contributed by atoms with E-state index >= 15 is 0 Å². The number of halogens is 2. The minimum atomic E-state index is -2.96. The van der Waals surface area contributed by atoms with E-state index < -0.39 is 6.61 Å². The third-order valence-electron chi connectivity index (χ3n) is 1.31. The van der Waals surface area contributed by atoms with Gasteiger partial charge in [-0.15, -0.1) is 0 Å². The van der Waals surface area contributed by atoms with Gasteiger partial charge in [0.1, 0.15) is 11.6 Å². The molecule has 0 aliphatic heterocycles. The molecule has 0 aliphatic carbocycles. The van der Waals surface area contributed by atoms with Crippen molar-refractivity contribution in [2.24, 2.45) is 0 Å². The van der Waals surface area contributed by atoms with Gasteiger partial charge in [-0.3, -0.25) is 0 Å². The Morgan fingerprint density at radius 2 is 2.31 bits per heavy atom. The molecule has 5 heteroatoms. The van der Waals surface area contributed by atoms with E-state index in [0.29, 0.717) is 0 Å². The predicted octanol–water partition coefficient (Wildman–Crippen LogP) is 1.86. The van der Waals surface area contributed by atoms with Crippen LogP contribution in [0.25, 0.3) is 0 Å². The first-order valence-corrected chi connectivity index (χ1v) is 3.45. The van der Waals surface area contributed by atoms with Crippen LogP contribution in [0.3, 0.4) is 0 Å². The molecule has 0 aromatic carbocycles. The zero-order chi connectivity index (χ0) is 9.84. The van der Waals surface area contributed by atoms with E-state index in [1.165, 1.54) is 12.3 Å². The molecule has 0 atom stereocenters. The van der Waals surface area contributed by atoms with Crippen LogP contribution in [0.15, 0.2) is 12.3 Å². The fraction of sp³-hybridized carbons (Fsp3) is 0.250. The summed E-state index contributed by atoms with van der Waals surface area (Å²) in [5.41, 5.74) is 0.735. The average molecular weight is 184 g/mol. The molecule has 0 saturated heterocycles. The summed E-state index contributed by atoms with van der Waals surface area (Å²) >= 11 is 0. The number of pyridine rings is 1. The quantitative estimate of drug-likeness (QED) is 0.704. The topological polar surface area (TPSA) is 45.9 Å². The zero-order valence-corrected chi connectivity index (χ0v) is 6.79. The van der Waals surface area contributed by atoms with E-state index in [9.17, 15) is 8.78 Å². The van der Waals surface area contributed by atoms with E-state index in [2.05, 4.69) is 9.72 Å². The Balaban J connectivity index is 3.01. The van der Waals surface area contributed by atoms with Gasteiger partial charge >= 0.3 is 6.61 Å². The number of hydrogen-bond acceptors (Lipinski definition) is 3. The van der Waals surface area contributed by atoms with Crippen molar-refractivity contribution >= 4 is 0 Å². The maximum atomic E-state index is 11.8. The molecule has 0 spiro atoms. The summed E-state index contributed by atoms with van der Waals surface area (Å²) < 4.78 is 27.6. The summed E-state index contributed by atoms with van der Waals surface area (Å²) in [4.78, 5) is 3.56. The van der Waals surface area contributed by atoms with Gasteiger partial charge in [0.15, 0.2) is 0 Å². The number of hydrogen-bond donors (Lipinski definition) is 0. The van der Waals surface area contributed by atoms with Crippen LogP contribution in [-0.4, -0.2) is 11.6 Å². The lowest BCUT2D eigenvalue weighted by molar-refractivity contribution is -0.0530. The first-order chi connectivity index (χ1) is 6.13. The van der Waals surface area contributed by atoms with Gasteiger partial charge in [-0.25, -0.2) is 4.98 Å². The van der Waals surface area contributed by atoms with Crippen LogP contribution in [0.1, 0.15) is 11.1 Å². The lowest BCUT2D eigenvalue weighted by atomic mass is 10.2. The summed E-state index contributed by atoms with van der Waals surface area (Å²) in [5.74, 6) is -0.330. The fourth-order valence-corrected chi connectivity index (χ4v) is 0.815. The molecule has 1 aromatic rings. The lowest BCUT2D eigenvalue weighted by Gasteiger charge is -2.04. The Kier molecular flexibility index (Phi) is 2.75. The van der Waals surface area contributed by atoms with Gasteiger partial charge in [0.25, 0.3) is 0 Å². The molecule has 1 heterocycles. The predicted molar refractivity (Wildman–Crippen MR) is 40.3 cm³/mol. The molecule has 13 heavy (non-hydrogen) atoms. The Morgan fingerprint density at radius 3 is 2.85 bits per heavy atom. The van der Waals surface area contributed by atoms with Gasteiger partial charge in [0, 0.05) is 6.20 Å². The minimum Gasteiger partial charge on any atom is -0.415 e. The van der Waals surface area contributed by atoms with Crippen molar-refractivity contribution in [2.45, 2.75) is 13.5 Å². The van der Waals surface area contributed by atoms with Gasteiger partial charge in [-0.2, -0.15) is 14.0 Å². The van der Waals surface area contributed by atoms with Crippen molar-refractivity contribution < 1.29 is 13.5 Å². The molecule has 1 aromatic heterocycles. The molecule has 0 amide bonds. The monoisotopic (exact) mass is 184 g/mol. The number of alkyl halides is 2. The smallest absolute Gasteiger partial charge is 0.388 e. The molecular weight excluding hydrogens is 178 g/mol. The summed E-state index contributed by atoms with van der Waals surface area (Å²) in [5, 5.41) is 8.54. The lowest BCUT2D eigenvalue weighted by Crippen LogP contribution is -2.05. The Labute approximate surface area is 73.6 Å². The third-order valence-corrected chi connectivity index (χ3v) is 1.31. The van der Waals surface area contributed by atoms with E-state index in [4.69, 9.17) is 5.26 Å². The number of nitrogens with zero attached hydrogens (tertiary/aromatic N) is 2. The third kappa shape index (κ3) is 2.37. The first-order valence-electron chi connectivity index (χ1n) is 3.45. The molecule has 0 bridgehead atoms. The van der Waals surface area contributed by atoms with Crippen LogP contribution in [0.2, 0.25) is 0 Å². The van der Waals surface area contributed by atoms with Crippen molar-refractivity contribution in [3.05, 3.63) is 23.4 Å². The number of nitriles is 1. The van der Waals surface area contributed by atoms with Crippen molar-refractivity contribution in [3.63, 3.8) is 0 Å². The maximum Gasteiger partial charge on any atom is 0.388 e. The summed E-state index contributed by atoms with van der Waals surface area (Å²) in [7, 11) is 0. The van der Waals surface area contributed by atoms with Gasteiger partial charge in [0.2, 0.25) is 5.88 Å². The highest BCUT2D eigenvalue weighted by Gasteiger charge is 2.10. The molecule has 0 fully saturated rings. The summed E-state index contributed by atoms with van der Waals surface area (Å²) in [6.07, 6.45) is 1.36. The molecule has 0 unspecified atom stereocenters. The fourth-order valence-electron chi connectivity index (χ4n) is 0.815. The standard InChI is InChI=1S/C8H6F2N2O/c1-5-2-6(3-11)7(12-4-5)13-8(9)10/h2,4,8H,1H3. The van der Waals surface area contributed by atoms with Crippen molar-refractivity contribution in [1.82, 2.24) is 4.98 Å². The second-order valence-electron chi connectivity index (χ2n) is 2.36. The van der Waals surface area contributed by atoms with Crippen LogP contribution >= 0.6 is 0 Å². The number of aryl methyl sites for hydroxylation is 1. The maximum absolute atomic E-state index is 11.8. The van der Waals surface area contributed by atoms with Crippen molar-refractivity contribution in [2.75, 3.05) is 0 Å². The molecule has 68 valence electrons. The van der Waals surface area contributed by atoms with Crippen LogP contribution < -0.4 is 4.74 Å². The summed E-state index contributed by atoms with van der Waals surface area (Å²) in [6.45, 7) is -1.25. The Morgan fingerprint density at radius 1 is 1.62 bits per heavy atom. The van der Waals surface area contributed by atoms with E-state index in [0.717, 1.165) is 5.56 Å². The van der Waals surface area contributed by atoms with E-state index in [1.54, 1.807) is 13.0 Å². The van der Waals surface area contributed by atoms with Gasteiger partial charge in [-0.05, 0) is 18.6 Å². The minimum absolute atomic E-state index is 0.0142. The number of aromatic nitrogens is 1. The normalized spacial score (nSPS) is 9.77. The van der Waals surface area contributed by atoms with Gasteiger partial charge < -0.3 is 4.74 Å². The van der Waals surface area contributed by atoms with Gasteiger partial charge in [0.05, 0.1) is 0 Å². The molecule has 0 radical (unpaired) electrons. The molecule has 3 nitrogen and oxygen atoms in total. The summed E-state index contributed by atoms with van der Waals surface area (Å²) in [6, 6.07) is 3.16. The zero-order valence-electron chi connectivity index (χ0n) is 6.79. The SMILES string of the molecule is Cc1cnc(OC(F)F)c(C#N)c1. The molecule has 0 saturated carbocycles. The first kappa shape index (κ1) is 9.39. The molecular formula is C8H6F2N2O. The Bertz CT molecular complexity index is 346. The highest BCUT2D eigenvalue weighted by Crippen LogP contribution is 2.17. The Hall–Kier alpha value is -1.70.